The summed E-state index contributed by atoms with van der Waals surface area (Å²) in [7, 11) is 1.77. The molecule has 5 heteroatoms. The Hall–Kier alpha value is -1.83. The molecule has 18 heavy (non-hydrogen) atoms. The lowest BCUT2D eigenvalue weighted by molar-refractivity contribution is 0.377. The summed E-state index contributed by atoms with van der Waals surface area (Å²) in [4.78, 5) is 0. The van der Waals surface area contributed by atoms with E-state index in [0.29, 0.717) is 11.6 Å². The van der Waals surface area contributed by atoms with Gasteiger partial charge in [-0.15, -0.1) is 0 Å². The molecule has 0 spiro atoms. The van der Waals surface area contributed by atoms with E-state index in [2.05, 4.69) is 16.5 Å². The van der Waals surface area contributed by atoms with Crippen LogP contribution in [-0.2, 0) is 12.1 Å². The average molecular weight is 261 g/mol. The third-order valence-corrected chi connectivity index (χ3v) is 3.08. The fourth-order valence-corrected chi connectivity index (χ4v) is 2.02. The van der Waals surface area contributed by atoms with Crippen LogP contribution < -0.4 is 5.32 Å². The van der Waals surface area contributed by atoms with Gasteiger partial charge in [-0.25, -0.2) is 0 Å². The van der Waals surface area contributed by atoms with Gasteiger partial charge in [-0.3, -0.25) is 10.00 Å². The third kappa shape index (κ3) is 2.37. The van der Waals surface area contributed by atoms with Gasteiger partial charge in [0.2, 0.25) is 0 Å². The standard InChI is InChI=1S/C13H13ClN4/c1-16-13(9-15,11-5-3-2-4-6-11)10-18-8-12(14)7-17-18/h2-8,16H,10H2,1H3. The number of rotatable bonds is 4. The van der Waals surface area contributed by atoms with Gasteiger partial charge in [-0.1, -0.05) is 41.9 Å². The van der Waals surface area contributed by atoms with Crippen LogP contribution in [0, 0.1) is 11.3 Å². The molecule has 4 nitrogen and oxygen atoms in total. The molecular weight excluding hydrogens is 248 g/mol. The van der Waals surface area contributed by atoms with Crippen molar-refractivity contribution in [3.05, 3.63) is 53.3 Å². The van der Waals surface area contributed by atoms with Crippen molar-refractivity contribution in [1.29, 1.82) is 5.26 Å². The van der Waals surface area contributed by atoms with Crippen molar-refractivity contribution in [2.24, 2.45) is 0 Å². The SMILES string of the molecule is CNC(C#N)(Cn1cc(Cl)cn1)c1ccccc1. The smallest absolute Gasteiger partial charge is 0.151 e. The zero-order valence-corrected chi connectivity index (χ0v) is 10.7. The van der Waals surface area contributed by atoms with E-state index in [9.17, 15) is 5.26 Å². The molecule has 0 amide bonds. The molecule has 1 heterocycles. The highest BCUT2D eigenvalue weighted by Gasteiger charge is 2.31. The predicted molar refractivity (Wildman–Crippen MR) is 70.0 cm³/mol. The lowest BCUT2D eigenvalue weighted by atomic mass is 9.91. The normalized spacial score (nSPS) is 13.8. The van der Waals surface area contributed by atoms with E-state index in [1.165, 1.54) is 0 Å². The van der Waals surface area contributed by atoms with Crippen molar-refractivity contribution >= 4 is 11.6 Å². The number of halogens is 1. The topological polar surface area (TPSA) is 53.6 Å². The number of aromatic nitrogens is 2. The highest BCUT2D eigenvalue weighted by molar-refractivity contribution is 6.30. The van der Waals surface area contributed by atoms with Crippen molar-refractivity contribution < 1.29 is 0 Å². The molecule has 0 aliphatic carbocycles. The molecule has 1 N–H and O–H groups in total. The molecule has 1 aromatic heterocycles. The first-order valence-electron chi connectivity index (χ1n) is 5.54. The monoisotopic (exact) mass is 260 g/mol. The van der Waals surface area contributed by atoms with E-state index in [1.54, 1.807) is 24.1 Å². The van der Waals surface area contributed by atoms with Crippen LogP contribution in [0.3, 0.4) is 0 Å². The molecule has 1 unspecified atom stereocenters. The van der Waals surface area contributed by atoms with Crippen molar-refractivity contribution in [1.82, 2.24) is 15.1 Å². The van der Waals surface area contributed by atoms with Gasteiger partial charge >= 0.3 is 0 Å². The van der Waals surface area contributed by atoms with E-state index in [1.807, 2.05) is 30.3 Å². The van der Waals surface area contributed by atoms with Gasteiger partial charge in [-0.05, 0) is 12.6 Å². The van der Waals surface area contributed by atoms with Crippen molar-refractivity contribution in [3.63, 3.8) is 0 Å². The molecule has 2 rings (SSSR count). The van der Waals surface area contributed by atoms with Crippen LogP contribution in [0.15, 0.2) is 42.7 Å². The Balaban J connectivity index is 2.36. The first kappa shape index (κ1) is 12.6. The number of nitrogens with one attached hydrogen (secondary N) is 1. The highest BCUT2D eigenvalue weighted by atomic mass is 35.5. The Bertz CT molecular complexity index is 558. The van der Waals surface area contributed by atoms with Crippen LogP contribution in [0.1, 0.15) is 5.56 Å². The Kier molecular flexibility index (Phi) is 3.66. The second kappa shape index (κ2) is 5.21. The second-order valence-corrected chi connectivity index (χ2v) is 4.43. The van der Waals surface area contributed by atoms with Gasteiger partial charge in [0.15, 0.2) is 5.54 Å². The zero-order valence-electron chi connectivity index (χ0n) is 9.97. The van der Waals surface area contributed by atoms with Gasteiger partial charge in [0, 0.05) is 6.20 Å². The lowest BCUT2D eigenvalue weighted by Crippen LogP contribution is -2.42. The van der Waals surface area contributed by atoms with Crippen molar-refractivity contribution in [2.75, 3.05) is 7.05 Å². The molecule has 0 aliphatic heterocycles. The molecule has 0 bridgehead atoms. The maximum atomic E-state index is 9.51. The molecule has 0 radical (unpaired) electrons. The summed E-state index contributed by atoms with van der Waals surface area (Å²) < 4.78 is 1.66. The Morgan fingerprint density at radius 1 is 1.44 bits per heavy atom. The molecule has 0 saturated carbocycles. The minimum absolute atomic E-state index is 0.400. The Morgan fingerprint density at radius 3 is 2.67 bits per heavy atom. The van der Waals surface area contributed by atoms with Crippen LogP contribution in [-0.4, -0.2) is 16.8 Å². The van der Waals surface area contributed by atoms with Crippen molar-refractivity contribution in [2.45, 2.75) is 12.1 Å². The summed E-state index contributed by atoms with van der Waals surface area (Å²) in [5.41, 5.74) is 0.0954. The summed E-state index contributed by atoms with van der Waals surface area (Å²) in [6, 6.07) is 11.9. The van der Waals surface area contributed by atoms with Crippen LogP contribution in [0.4, 0.5) is 0 Å². The average Bonchev–Trinajstić information content (AvgIpc) is 2.82. The molecule has 1 atom stereocenters. The molecule has 0 saturated heterocycles. The second-order valence-electron chi connectivity index (χ2n) is 3.99. The van der Waals surface area contributed by atoms with E-state index in [0.717, 1.165) is 5.56 Å². The number of hydrogen-bond donors (Lipinski definition) is 1. The first-order chi connectivity index (χ1) is 8.70. The number of likely N-dealkylation sites (N-methyl/N-ethyl adjacent to an activating group) is 1. The van der Waals surface area contributed by atoms with Crippen LogP contribution >= 0.6 is 11.6 Å². The van der Waals surface area contributed by atoms with Gasteiger partial charge in [-0.2, -0.15) is 10.4 Å². The van der Waals surface area contributed by atoms with Crippen LogP contribution in [0.25, 0.3) is 0 Å². The largest absolute Gasteiger partial charge is 0.297 e. The summed E-state index contributed by atoms with van der Waals surface area (Å²) in [5.74, 6) is 0. The van der Waals surface area contributed by atoms with Gasteiger partial charge in [0.25, 0.3) is 0 Å². The number of nitriles is 1. The van der Waals surface area contributed by atoms with Gasteiger partial charge in [0.1, 0.15) is 0 Å². The maximum absolute atomic E-state index is 9.51. The molecule has 1 aromatic carbocycles. The molecule has 0 aliphatic rings. The summed E-state index contributed by atoms with van der Waals surface area (Å²) in [6.45, 7) is 0.400. The first-order valence-corrected chi connectivity index (χ1v) is 5.91. The third-order valence-electron chi connectivity index (χ3n) is 2.89. The summed E-state index contributed by atoms with van der Waals surface area (Å²) in [6.07, 6.45) is 3.26. The van der Waals surface area contributed by atoms with Gasteiger partial charge < -0.3 is 0 Å². The highest BCUT2D eigenvalue weighted by Crippen LogP contribution is 2.22. The van der Waals surface area contributed by atoms with Crippen LogP contribution in [0.2, 0.25) is 5.02 Å². The summed E-state index contributed by atoms with van der Waals surface area (Å²) in [5, 5.41) is 17.3. The quantitative estimate of drug-likeness (QED) is 0.917. The molecule has 0 fully saturated rings. The molecule has 92 valence electrons. The van der Waals surface area contributed by atoms with Gasteiger partial charge in [0.05, 0.1) is 23.8 Å². The zero-order chi connectivity index (χ0) is 13.0. The number of hydrogen-bond acceptors (Lipinski definition) is 3. The Morgan fingerprint density at radius 2 is 2.17 bits per heavy atom. The fraction of sp³-hybridized carbons (Fsp3) is 0.231. The maximum Gasteiger partial charge on any atom is 0.151 e. The minimum atomic E-state index is -0.809. The van der Waals surface area contributed by atoms with E-state index in [-0.39, 0.29) is 0 Å². The predicted octanol–water partition coefficient (Wildman–Crippen LogP) is 2.17. The number of nitrogens with zero attached hydrogens (tertiary/aromatic N) is 3. The van der Waals surface area contributed by atoms with E-state index in [4.69, 9.17) is 11.6 Å². The van der Waals surface area contributed by atoms with E-state index >= 15 is 0 Å². The van der Waals surface area contributed by atoms with Crippen molar-refractivity contribution in [3.8, 4) is 6.07 Å². The lowest BCUT2D eigenvalue weighted by Gasteiger charge is -2.26. The fourth-order valence-electron chi connectivity index (χ4n) is 1.86. The Labute approximate surface area is 111 Å². The molecular formula is C13H13ClN4. The minimum Gasteiger partial charge on any atom is -0.297 e. The van der Waals surface area contributed by atoms with E-state index < -0.39 is 5.54 Å². The molecule has 2 aromatic rings. The summed E-state index contributed by atoms with van der Waals surface area (Å²) >= 11 is 5.83. The van der Waals surface area contributed by atoms with Crippen LogP contribution in [0.5, 0.6) is 0 Å². The number of benzene rings is 1.